The first-order valence-electron chi connectivity index (χ1n) is 5.14. The first-order chi connectivity index (χ1) is 6.71. The highest BCUT2D eigenvalue weighted by Crippen LogP contribution is 2.32. The van der Waals surface area contributed by atoms with E-state index in [2.05, 4.69) is 11.6 Å². The van der Waals surface area contributed by atoms with Crippen molar-refractivity contribution < 1.29 is 9.90 Å². The van der Waals surface area contributed by atoms with E-state index < -0.39 is 11.4 Å². The molecule has 14 heavy (non-hydrogen) atoms. The van der Waals surface area contributed by atoms with Gasteiger partial charge in [0.25, 0.3) is 0 Å². The van der Waals surface area contributed by atoms with Crippen molar-refractivity contribution in [2.24, 2.45) is 5.41 Å². The second-order valence-electron chi connectivity index (χ2n) is 3.96. The minimum absolute atomic E-state index is 0.478. The largest absolute Gasteiger partial charge is 0.481 e. The molecule has 3 nitrogen and oxygen atoms in total. The Morgan fingerprint density at radius 2 is 2.43 bits per heavy atom. The van der Waals surface area contributed by atoms with Crippen LogP contribution in [-0.4, -0.2) is 36.2 Å². The van der Waals surface area contributed by atoms with Gasteiger partial charge < -0.3 is 10.4 Å². The SMILES string of the molecule is CSCCCC1(C(=O)O)CCCNC1. The van der Waals surface area contributed by atoms with Crippen molar-refractivity contribution in [1.82, 2.24) is 5.32 Å². The van der Waals surface area contributed by atoms with E-state index in [0.717, 1.165) is 38.0 Å². The van der Waals surface area contributed by atoms with E-state index >= 15 is 0 Å². The lowest BCUT2D eigenvalue weighted by atomic mass is 9.77. The zero-order valence-corrected chi connectivity index (χ0v) is 9.53. The van der Waals surface area contributed by atoms with Crippen LogP contribution in [0.5, 0.6) is 0 Å². The molecule has 4 heteroatoms. The Labute approximate surface area is 89.6 Å². The van der Waals surface area contributed by atoms with E-state index in [4.69, 9.17) is 0 Å². The number of rotatable bonds is 5. The summed E-state index contributed by atoms with van der Waals surface area (Å²) in [7, 11) is 0. The van der Waals surface area contributed by atoms with Gasteiger partial charge in [-0.2, -0.15) is 11.8 Å². The molecule has 0 saturated carbocycles. The number of piperidine rings is 1. The third kappa shape index (κ3) is 2.89. The Bertz CT molecular complexity index is 191. The van der Waals surface area contributed by atoms with Crippen LogP contribution >= 0.6 is 11.8 Å². The number of aliphatic carboxylic acids is 1. The van der Waals surface area contributed by atoms with Gasteiger partial charge in [-0.25, -0.2) is 0 Å². The summed E-state index contributed by atoms with van der Waals surface area (Å²) in [6.07, 6.45) is 5.72. The first-order valence-corrected chi connectivity index (χ1v) is 6.54. The van der Waals surface area contributed by atoms with Crippen LogP contribution in [0.4, 0.5) is 0 Å². The van der Waals surface area contributed by atoms with Gasteiger partial charge in [-0.1, -0.05) is 0 Å². The summed E-state index contributed by atoms with van der Waals surface area (Å²) in [5.41, 5.74) is -0.478. The van der Waals surface area contributed by atoms with E-state index in [9.17, 15) is 9.90 Å². The van der Waals surface area contributed by atoms with E-state index in [1.807, 2.05) is 0 Å². The zero-order chi connectivity index (χ0) is 10.4. The fourth-order valence-corrected chi connectivity index (χ4v) is 2.46. The van der Waals surface area contributed by atoms with Crippen LogP contribution in [-0.2, 0) is 4.79 Å². The highest BCUT2D eigenvalue weighted by molar-refractivity contribution is 7.98. The number of hydrogen-bond acceptors (Lipinski definition) is 3. The van der Waals surface area contributed by atoms with Crippen molar-refractivity contribution in [3.63, 3.8) is 0 Å². The predicted molar refractivity (Wildman–Crippen MR) is 59.8 cm³/mol. The van der Waals surface area contributed by atoms with Gasteiger partial charge in [0, 0.05) is 6.54 Å². The molecule has 0 aromatic carbocycles. The first kappa shape index (κ1) is 11.9. The molecule has 1 fully saturated rings. The summed E-state index contributed by atoms with van der Waals surface area (Å²) in [6.45, 7) is 1.62. The lowest BCUT2D eigenvalue weighted by Crippen LogP contribution is -2.45. The fourth-order valence-electron chi connectivity index (χ4n) is 2.03. The van der Waals surface area contributed by atoms with E-state index in [0.29, 0.717) is 6.54 Å². The summed E-state index contributed by atoms with van der Waals surface area (Å²) in [4.78, 5) is 11.2. The molecule has 1 unspecified atom stereocenters. The Kier molecular flexibility index (Phi) is 4.75. The number of carbonyl (C=O) groups is 1. The number of carboxylic acids is 1. The van der Waals surface area contributed by atoms with Crippen molar-refractivity contribution >= 4 is 17.7 Å². The number of nitrogens with one attached hydrogen (secondary N) is 1. The highest BCUT2D eigenvalue weighted by Gasteiger charge is 2.38. The summed E-state index contributed by atoms with van der Waals surface area (Å²) in [5.74, 6) is 0.445. The van der Waals surface area contributed by atoms with Gasteiger partial charge in [-0.3, -0.25) is 4.79 Å². The second kappa shape index (κ2) is 5.61. The zero-order valence-electron chi connectivity index (χ0n) is 8.71. The molecular formula is C10H19NO2S. The van der Waals surface area contributed by atoms with E-state index in [1.165, 1.54) is 0 Å². The molecule has 1 aliphatic heterocycles. The molecule has 0 bridgehead atoms. The molecular weight excluding hydrogens is 198 g/mol. The van der Waals surface area contributed by atoms with Crippen LogP contribution in [0.25, 0.3) is 0 Å². The Morgan fingerprint density at radius 3 is 2.93 bits per heavy atom. The normalized spacial score (nSPS) is 27.5. The lowest BCUT2D eigenvalue weighted by molar-refractivity contribution is -0.150. The number of carboxylic acid groups (broad SMARTS) is 1. The van der Waals surface area contributed by atoms with Crippen LogP contribution in [0, 0.1) is 5.41 Å². The van der Waals surface area contributed by atoms with Crippen LogP contribution in [0.1, 0.15) is 25.7 Å². The standard InChI is InChI=1S/C10H19NO2S/c1-14-7-3-5-10(9(12)13)4-2-6-11-8-10/h11H,2-8H2,1H3,(H,12,13). The molecule has 0 aliphatic carbocycles. The van der Waals surface area contributed by atoms with Crippen molar-refractivity contribution in [1.29, 1.82) is 0 Å². The van der Waals surface area contributed by atoms with E-state index in [1.54, 1.807) is 11.8 Å². The molecule has 0 aromatic heterocycles. The molecule has 1 heterocycles. The van der Waals surface area contributed by atoms with Gasteiger partial charge >= 0.3 is 5.97 Å². The predicted octanol–water partition coefficient (Wildman–Crippen LogP) is 1.58. The van der Waals surface area contributed by atoms with Crippen molar-refractivity contribution in [3.8, 4) is 0 Å². The Balaban J connectivity index is 2.47. The van der Waals surface area contributed by atoms with Gasteiger partial charge in [0.05, 0.1) is 5.41 Å². The molecule has 1 saturated heterocycles. The molecule has 0 radical (unpaired) electrons. The smallest absolute Gasteiger partial charge is 0.310 e. The maximum absolute atomic E-state index is 11.2. The van der Waals surface area contributed by atoms with Crippen LogP contribution in [0.15, 0.2) is 0 Å². The number of hydrogen-bond donors (Lipinski definition) is 2. The third-order valence-electron chi connectivity index (χ3n) is 2.93. The molecule has 82 valence electrons. The Morgan fingerprint density at radius 1 is 1.64 bits per heavy atom. The minimum Gasteiger partial charge on any atom is -0.481 e. The van der Waals surface area contributed by atoms with Gasteiger partial charge in [0.1, 0.15) is 0 Å². The minimum atomic E-state index is -0.620. The number of thioether (sulfide) groups is 1. The molecule has 1 atom stereocenters. The molecule has 0 amide bonds. The second-order valence-corrected chi connectivity index (χ2v) is 4.95. The monoisotopic (exact) mass is 217 g/mol. The van der Waals surface area contributed by atoms with Crippen LogP contribution < -0.4 is 5.32 Å². The fraction of sp³-hybridized carbons (Fsp3) is 0.900. The lowest BCUT2D eigenvalue weighted by Gasteiger charge is -2.33. The van der Waals surface area contributed by atoms with Crippen LogP contribution in [0.3, 0.4) is 0 Å². The third-order valence-corrected chi connectivity index (χ3v) is 3.63. The van der Waals surface area contributed by atoms with Gasteiger partial charge in [0.15, 0.2) is 0 Å². The molecule has 2 N–H and O–H groups in total. The maximum Gasteiger partial charge on any atom is 0.310 e. The average Bonchev–Trinajstić information content (AvgIpc) is 2.19. The topological polar surface area (TPSA) is 49.3 Å². The summed E-state index contributed by atoms with van der Waals surface area (Å²) < 4.78 is 0. The van der Waals surface area contributed by atoms with Gasteiger partial charge in [0.2, 0.25) is 0 Å². The summed E-state index contributed by atoms with van der Waals surface area (Å²) in [5, 5.41) is 12.4. The van der Waals surface area contributed by atoms with Crippen LogP contribution in [0.2, 0.25) is 0 Å². The quantitative estimate of drug-likeness (QED) is 0.687. The van der Waals surface area contributed by atoms with Crippen molar-refractivity contribution in [3.05, 3.63) is 0 Å². The molecule has 0 aromatic rings. The van der Waals surface area contributed by atoms with Crippen molar-refractivity contribution in [2.75, 3.05) is 25.1 Å². The molecule has 0 spiro atoms. The average molecular weight is 217 g/mol. The highest BCUT2D eigenvalue weighted by atomic mass is 32.2. The maximum atomic E-state index is 11.2. The Hall–Kier alpha value is -0.220. The van der Waals surface area contributed by atoms with Gasteiger partial charge in [-0.15, -0.1) is 0 Å². The van der Waals surface area contributed by atoms with Crippen molar-refractivity contribution in [2.45, 2.75) is 25.7 Å². The summed E-state index contributed by atoms with van der Waals surface area (Å²) >= 11 is 1.79. The molecule has 1 rings (SSSR count). The van der Waals surface area contributed by atoms with Gasteiger partial charge in [-0.05, 0) is 44.2 Å². The molecule has 1 aliphatic rings. The summed E-state index contributed by atoms with van der Waals surface area (Å²) in [6, 6.07) is 0. The van der Waals surface area contributed by atoms with E-state index in [-0.39, 0.29) is 0 Å².